The molecule has 0 radical (unpaired) electrons. The van der Waals surface area contributed by atoms with Crippen LogP contribution in [0.5, 0.6) is 5.75 Å². The van der Waals surface area contributed by atoms with Crippen molar-refractivity contribution in [3.8, 4) is 5.75 Å². The number of ether oxygens (including phenoxy) is 1. The van der Waals surface area contributed by atoms with Gasteiger partial charge in [0.25, 0.3) is 0 Å². The first kappa shape index (κ1) is 25.7. The SMILES string of the molecule is Cn1ccnc1Nc1nc2cc(C(O)C(C)(C)O)ncc2nc1N1CCC(Oc2ccc(F)cc2F)CC1. The highest BCUT2D eigenvalue weighted by molar-refractivity contribution is 5.81. The van der Waals surface area contributed by atoms with E-state index in [1.54, 1.807) is 18.5 Å². The number of aliphatic hydroxyl groups is 2. The summed E-state index contributed by atoms with van der Waals surface area (Å²) in [6.07, 6.45) is 4.72. The molecule has 10 nitrogen and oxygen atoms in total. The second kappa shape index (κ2) is 10.1. The molecule has 1 fully saturated rings. The van der Waals surface area contributed by atoms with Gasteiger partial charge in [-0.3, -0.25) is 4.98 Å². The number of aromatic nitrogens is 5. The third kappa shape index (κ3) is 5.36. The Morgan fingerprint density at radius 3 is 2.53 bits per heavy atom. The van der Waals surface area contributed by atoms with Crippen molar-refractivity contribution in [3.63, 3.8) is 0 Å². The first-order chi connectivity index (χ1) is 18.1. The molecule has 0 aliphatic carbocycles. The highest BCUT2D eigenvalue weighted by atomic mass is 19.1. The Balaban J connectivity index is 1.42. The number of pyridine rings is 1. The number of imidazole rings is 1. The van der Waals surface area contributed by atoms with Crippen molar-refractivity contribution in [2.75, 3.05) is 23.3 Å². The summed E-state index contributed by atoms with van der Waals surface area (Å²) in [5.74, 6) is 0.271. The van der Waals surface area contributed by atoms with Crippen molar-refractivity contribution in [1.29, 1.82) is 0 Å². The number of hydrogen-bond acceptors (Lipinski definition) is 9. The normalized spacial score (nSPS) is 15.6. The molecular weight excluding hydrogens is 496 g/mol. The molecule has 38 heavy (non-hydrogen) atoms. The summed E-state index contributed by atoms with van der Waals surface area (Å²) in [7, 11) is 1.85. The monoisotopic (exact) mass is 525 g/mol. The van der Waals surface area contributed by atoms with E-state index >= 15 is 0 Å². The van der Waals surface area contributed by atoms with Crippen LogP contribution < -0.4 is 15.0 Å². The Bertz CT molecular complexity index is 1450. The van der Waals surface area contributed by atoms with Crippen LogP contribution in [0.3, 0.4) is 0 Å². The lowest BCUT2D eigenvalue weighted by Crippen LogP contribution is -2.39. The molecule has 3 aromatic heterocycles. The fourth-order valence-electron chi connectivity index (χ4n) is 4.31. The molecule has 12 heteroatoms. The van der Waals surface area contributed by atoms with Gasteiger partial charge < -0.3 is 29.7 Å². The van der Waals surface area contributed by atoms with E-state index < -0.39 is 23.3 Å². The van der Waals surface area contributed by atoms with Crippen molar-refractivity contribution in [2.45, 2.75) is 44.5 Å². The second-order valence-electron chi connectivity index (χ2n) is 9.92. The zero-order valence-electron chi connectivity index (χ0n) is 21.3. The quantitative estimate of drug-likeness (QED) is 0.332. The van der Waals surface area contributed by atoms with E-state index in [1.807, 2.05) is 11.6 Å². The standard InChI is InChI=1S/C26H29F2N7O3/c1-26(2,37)22(36)19-13-18-20(14-30-19)32-24(23(31-18)33-25-29-8-11-34(25)3)35-9-6-16(7-10-35)38-21-5-4-15(27)12-17(21)28/h4-5,8,11-14,16,22,36-37H,6-7,9-10H2,1-3H3,(H,29,31,33). The maximum atomic E-state index is 14.1. The third-order valence-electron chi connectivity index (χ3n) is 6.48. The van der Waals surface area contributed by atoms with Crippen molar-refractivity contribution < 1.29 is 23.7 Å². The molecule has 1 atom stereocenters. The van der Waals surface area contributed by atoms with E-state index in [2.05, 4.69) is 20.2 Å². The van der Waals surface area contributed by atoms with Crippen molar-refractivity contribution in [1.82, 2.24) is 24.5 Å². The average Bonchev–Trinajstić information content (AvgIpc) is 3.28. The molecule has 0 bridgehead atoms. The lowest BCUT2D eigenvalue weighted by atomic mass is 9.98. The van der Waals surface area contributed by atoms with Crippen LogP contribution in [0, 0.1) is 11.6 Å². The molecule has 1 aliphatic heterocycles. The summed E-state index contributed by atoms with van der Waals surface area (Å²) in [6, 6.07) is 4.89. The largest absolute Gasteiger partial charge is 0.487 e. The Labute approximate surface area is 218 Å². The van der Waals surface area contributed by atoms with Crippen molar-refractivity contribution >= 4 is 28.6 Å². The number of nitrogens with one attached hydrogen (secondary N) is 1. The second-order valence-corrected chi connectivity index (χ2v) is 9.92. The maximum absolute atomic E-state index is 14.1. The van der Waals surface area contributed by atoms with E-state index in [4.69, 9.17) is 14.7 Å². The van der Waals surface area contributed by atoms with Gasteiger partial charge in [-0.15, -0.1) is 0 Å². The lowest BCUT2D eigenvalue weighted by molar-refractivity contribution is -0.0516. The van der Waals surface area contributed by atoms with Gasteiger partial charge in [0.05, 0.1) is 23.0 Å². The molecule has 4 aromatic rings. The molecule has 0 saturated carbocycles. The Hall–Kier alpha value is -3.90. The molecule has 1 aromatic carbocycles. The topological polar surface area (TPSA) is 121 Å². The minimum absolute atomic E-state index is 0.0302. The molecule has 4 heterocycles. The summed E-state index contributed by atoms with van der Waals surface area (Å²) in [5, 5.41) is 24.0. The first-order valence-corrected chi connectivity index (χ1v) is 12.3. The van der Waals surface area contributed by atoms with Crippen LogP contribution in [0.2, 0.25) is 0 Å². The minimum atomic E-state index is -1.38. The van der Waals surface area contributed by atoms with E-state index in [1.165, 1.54) is 32.2 Å². The number of rotatable bonds is 7. The number of aliphatic hydroxyl groups excluding tert-OH is 1. The van der Waals surface area contributed by atoms with E-state index in [9.17, 15) is 19.0 Å². The van der Waals surface area contributed by atoms with Crippen LogP contribution in [0.15, 0.2) is 42.9 Å². The molecule has 0 spiro atoms. The van der Waals surface area contributed by atoms with Gasteiger partial charge in [0.1, 0.15) is 23.5 Å². The summed E-state index contributed by atoms with van der Waals surface area (Å²) in [6.45, 7) is 4.13. The number of benzene rings is 1. The van der Waals surface area contributed by atoms with E-state index in [0.29, 0.717) is 54.5 Å². The first-order valence-electron chi connectivity index (χ1n) is 12.3. The Morgan fingerprint density at radius 2 is 1.87 bits per heavy atom. The van der Waals surface area contributed by atoms with E-state index in [-0.39, 0.29) is 17.5 Å². The molecule has 3 N–H and O–H groups in total. The molecule has 1 aliphatic rings. The van der Waals surface area contributed by atoms with Gasteiger partial charge in [-0.1, -0.05) is 0 Å². The number of aryl methyl sites for hydroxylation is 1. The smallest absolute Gasteiger partial charge is 0.208 e. The fraction of sp³-hybridized carbons (Fsp3) is 0.385. The number of nitrogens with zero attached hydrogens (tertiary/aromatic N) is 6. The summed E-state index contributed by atoms with van der Waals surface area (Å²) in [5.41, 5.74) is -0.0979. The summed E-state index contributed by atoms with van der Waals surface area (Å²) < 4.78 is 34.9. The van der Waals surface area contributed by atoms with Gasteiger partial charge in [-0.2, -0.15) is 0 Å². The van der Waals surface area contributed by atoms with Crippen LogP contribution in [-0.2, 0) is 7.05 Å². The van der Waals surface area contributed by atoms with Crippen molar-refractivity contribution in [2.24, 2.45) is 7.05 Å². The van der Waals surface area contributed by atoms with Gasteiger partial charge in [-0.25, -0.2) is 23.7 Å². The Morgan fingerprint density at radius 1 is 1.11 bits per heavy atom. The van der Waals surface area contributed by atoms with Crippen LogP contribution in [-0.4, -0.2) is 59.5 Å². The highest BCUT2D eigenvalue weighted by Gasteiger charge is 2.29. The number of hydrogen-bond donors (Lipinski definition) is 3. The Kier molecular flexibility index (Phi) is 6.84. The average molecular weight is 526 g/mol. The number of halogens is 2. The zero-order chi connectivity index (χ0) is 27.0. The van der Waals surface area contributed by atoms with Crippen LogP contribution >= 0.6 is 0 Å². The fourth-order valence-corrected chi connectivity index (χ4v) is 4.31. The minimum Gasteiger partial charge on any atom is -0.487 e. The highest BCUT2D eigenvalue weighted by Crippen LogP contribution is 2.32. The molecule has 200 valence electrons. The van der Waals surface area contributed by atoms with Gasteiger partial charge >= 0.3 is 0 Å². The maximum Gasteiger partial charge on any atom is 0.208 e. The number of anilines is 3. The number of fused-ring (bicyclic) bond motifs is 1. The molecule has 0 amide bonds. The van der Waals surface area contributed by atoms with Gasteiger partial charge in [-0.05, 0) is 32.0 Å². The van der Waals surface area contributed by atoms with E-state index in [0.717, 1.165) is 6.07 Å². The number of piperidine rings is 1. The molecule has 5 rings (SSSR count). The van der Waals surface area contributed by atoms with Gasteiger partial charge in [0.2, 0.25) is 5.95 Å². The molecule has 1 saturated heterocycles. The summed E-state index contributed by atoms with van der Waals surface area (Å²) in [4.78, 5) is 20.3. The van der Waals surface area contributed by atoms with Gasteiger partial charge in [0.15, 0.2) is 23.2 Å². The van der Waals surface area contributed by atoms with Crippen LogP contribution in [0.25, 0.3) is 11.0 Å². The predicted molar refractivity (Wildman–Crippen MR) is 137 cm³/mol. The van der Waals surface area contributed by atoms with Crippen LogP contribution in [0.1, 0.15) is 38.5 Å². The zero-order valence-corrected chi connectivity index (χ0v) is 21.3. The van der Waals surface area contributed by atoms with Crippen LogP contribution in [0.4, 0.5) is 26.4 Å². The third-order valence-corrected chi connectivity index (χ3v) is 6.48. The lowest BCUT2D eigenvalue weighted by Gasteiger charge is -2.33. The predicted octanol–water partition coefficient (Wildman–Crippen LogP) is 3.63. The van der Waals surface area contributed by atoms with Gasteiger partial charge in [0, 0.05) is 51.4 Å². The molecule has 1 unspecified atom stereocenters. The molecular formula is C26H29F2N7O3. The summed E-state index contributed by atoms with van der Waals surface area (Å²) >= 11 is 0. The van der Waals surface area contributed by atoms with Crippen molar-refractivity contribution in [3.05, 3.63) is 60.2 Å².